The zero-order valence-electron chi connectivity index (χ0n) is 13.3. The normalized spacial score (nSPS) is 13.9. The van der Waals surface area contributed by atoms with Gasteiger partial charge in [0.1, 0.15) is 0 Å². The number of aromatic nitrogens is 1. The van der Waals surface area contributed by atoms with Gasteiger partial charge in [-0.15, -0.1) is 0 Å². The molecule has 2 rings (SSSR count). The number of pyridine rings is 1. The van der Waals surface area contributed by atoms with Gasteiger partial charge in [0, 0.05) is 18.4 Å². The Bertz CT molecular complexity index is 622. The molecule has 0 aliphatic rings. The lowest BCUT2D eigenvalue weighted by molar-refractivity contribution is 0.210. The molecule has 0 saturated heterocycles. The molecule has 2 aromatic rings. The van der Waals surface area contributed by atoms with Crippen molar-refractivity contribution in [3.05, 3.63) is 66.0 Å². The molecule has 0 radical (unpaired) electrons. The van der Waals surface area contributed by atoms with Gasteiger partial charge in [-0.1, -0.05) is 36.4 Å². The van der Waals surface area contributed by atoms with E-state index in [9.17, 15) is 9.46 Å². The highest BCUT2D eigenvalue weighted by Crippen LogP contribution is 2.45. The van der Waals surface area contributed by atoms with E-state index in [-0.39, 0.29) is 6.61 Å². The minimum atomic E-state index is -3.73. The second-order valence-electron chi connectivity index (χ2n) is 5.37. The SMILES string of the molecule is CN(CCc1ccccc1)P(=O)(O)OCCCc1ccccn1. The summed E-state index contributed by atoms with van der Waals surface area (Å²) in [5.74, 6) is 0. The monoisotopic (exact) mass is 334 g/mol. The molecule has 1 heterocycles. The minimum absolute atomic E-state index is 0.236. The Balaban J connectivity index is 1.71. The van der Waals surface area contributed by atoms with Gasteiger partial charge in [0.05, 0.1) is 6.61 Å². The molecule has 1 N–H and O–H groups in total. The Morgan fingerprint density at radius 3 is 2.57 bits per heavy atom. The average molecular weight is 334 g/mol. The van der Waals surface area contributed by atoms with Crippen LogP contribution in [0.2, 0.25) is 0 Å². The van der Waals surface area contributed by atoms with Crippen molar-refractivity contribution in [2.24, 2.45) is 0 Å². The van der Waals surface area contributed by atoms with Crippen molar-refractivity contribution in [3.63, 3.8) is 0 Å². The van der Waals surface area contributed by atoms with Crippen molar-refractivity contribution < 1.29 is 14.0 Å². The number of aryl methyl sites for hydroxylation is 1. The highest BCUT2D eigenvalue weighted by molar-refractivity contribution is 7.50. The maximum atomic E-state index is 12.2. The summed E-state index contributed by atoms with van der Waals surface area (Å²) in [5.41, 5.74) is 2.09. The topological polar surface area (TPSA) is 62.7 Å². The van der Waals surface area contributed by atoms with Crippen molar-refractivity contribution in [1.82, 2.24) is 9.65 Å². The first-order valence-electron chi connectivity index (χ1n) is 7.71. The average Bonchev–Trinajstić information content (AvgIpc) is 2.58. The van der Waals surface area contributed by atoms with Crippen LogP contribution in [0.3, 0.4) is 0 Å². The van der Waals surface area contributed by atoms with Crippen molar-refractivity contribution in [1.29, 1.82) is 0 Å². The Morgan fingerprint density at radius 1 is 1.13 bits per heavy atom. The van der Waals surface area contributed by atoms with Gasteiger partial charge in [-0.3, -0.25) is 9.51 Å². The van der Waals surface area contributed by atoms with Gasteiger partial charge in [-0.2, -0.15) is 0 Å². The molecular formula is C17H23N2O3P. The summed E-state index contributed by atoms with van der Waals surface area (Å²) in [6, 6.07) is 15.6. The fourth-order valence-corrected chi connectivity index (χ4v) is 3.06. The molecule has 0 spiro atoms. The van der Waals surface area contributed by atoms with Gasteiger partial charge in [0.15, 0.2) is 0 Å². The van der Waals surface area contributed by atoms with E-state index in [2.05, 4.69) is 4.98 Å². The predicted octanol–water partition coefficient (Wildman–Crippen LogP) is 3.31. The predicted molar refractivity (Wildman–Crippen MR) is 91.1 cm³/mol. The van der Waals surface area contributed by atoms with Gasteiger partial charge in [-0.05, 0) is 44.0 Å². The molecular weight excluding hydrogens is 311 g/mol. The zero-order valence-corrected chi connectivity index (χ0v) is 14.2. The van der Waals surface area contributed by atoms with Crippen LogP contribution >= 0.6 is 7.75 Å². The van der Waals surface area contributed by atoms with Crippen molar-refractivity contribution in [3.8, 4) is 0 Å². The lowest BCUT2D eigenvalue weighted by Crippen LogP contribution is -2.19. The van der Waals surface area contributed by atoms with Gasteiger partial charge in [0.25, 0.3) is 0 Å². The quantitative estimate of drug-likeness (QED) is 0.563. The highest BCUT2D eigenvalue weighted by atomic mass is 31.2. The summed E-state index contributed by atoms with van der Waals surface area (Å²) in [7, 11) is -2.12. The van der Waals surface area contributed by atoms with E-state index in [0.717, 1.165) is 17.7 Å². The van der Waals surface area contributed by atoms with Crippen LogP contribution < -0.4 is 0 Å². The van der Waals surface area contributed by atoms with Crippen LogP contribution in [0.15, 0.2) is 54.7 Å². The lowest BCUT2D eigenvalue weighted by Gasteiger charge is -2.22. The zero-order chi connectivity index (χ0) is 16.5. The van der Waals surface area contributed by atoms with Gasteiger partial charge < -0.3 is 4.89 Å². The first-order valence-corrected chi connectivity index (χ1v) is 9.24. The van der Waals surface area contributed by atoms with E-state index in [0.29, 0.717) is 19.4 Å². The number of benzene rings is 1. The number of hydrogen-bond donors (Lipinski definition) is 1. The van der Waals surface area contributed by atoms with Gasteiger partial charge >= 0.3 is 7.75 Å². The lowest BCUT2D eigenvalue weighted by atomic mass is 10.2. The van der Waals surface area contributed by atoms with E-state index in [1.165, 1.54) is 4.67 Å². The summed E-state index contributed by atoms with van der Waals surface area (Å²) in [4.78, 5) is 14.2. The number of nitrogens with zero attached hydrogens (tertiary/aromatic N) is 2. The summed E-state index contributed by atoms with van der Waals surface area (Å²) in [6.45, 7) is 0.706. The largest absolute Gasteiger partial charge is 0.405 e. The van der Waals surface area contributed by atoms with Crippen LogP contribution in [0, 0.1) is 0 Å². The first-order chi connectivity index (χ1) is 11.1. The Labute approximate surface area is 137 Å². The first kappa shape index (κ1) is 17.8. The molecule has 0 fully saturated rings. The molecule has 1 atom stereocenters. The van der Waals surface area contributed by atoms with E-state index < -0.39 is 7.75 Å². The Kier molecular flexibility index (Phi) is 6.93. The highest BCUT2D eigenvalue weighted by Gasteiger charge is 2.25. The minimum Gasteiger partial charge on any atom is -0.312 e. The molecule has 5 nitrogen and oxygen atoms in total. The van der Waals surface area contributed by atoms with Gasteiger partial charge in [-0.25, -0.2) is 9.24 Å². The Morgan fingerprint density at radius 2 is 1.87 bits per heavy atom. The molecule has 1 unspecified atom stereocenters. The van der Waals surface area contributed by atoms with Crippen molar-refractivity contribution >= 4 is 7.75 Å². The molecule has 23 heavy (non-hydrogen) atoms. The fourth-order valence-electron chi connectivity index (χ4n) is 2.14. The molecule has 0 bridgehead atoms. The van der Waals surface area contributed by atoms with Crippen molar-refractivity contribution in [2.45, 2.75) is 19.3 Å². The molecule has 0 aliphatic carbocycles. The van der Waals surface area contributed by atoms with Crippen molar-refractivity contribution in [2.75, 3.05) is 20.2 Å². The third kappa shape index (κ3) is 6.24. The summed E-state index contributed by atoms with van der Waals surface area (Å²) in [5, 5.41) is 0. The fraction of sp³-hybridized carbons (Fsp3) is 0.353. The summed E-state index contributed by atoms with van der Waals surface area (Å²) >= 11 is 0. The van der Waals surface area contributed by atoms with Crippen LogP contribution in [0.5, 0.6) is 0 Å². The smallest absolute Gasteiger partial charge is 0.312 e. The van der Waals surface area contributed by atoms with Crippen LogP contribution in [0.1, 0.15) is 17.7 Å². The summed E-state index contributed by atoms with van der Waals surface area (Å²) < 4.78 is 18.8. The standard InChI is InChI=1S/C17H23N2O3P/c1-19(14-12-16-8-3-2-4-9-16)23(20,21)22-15-7-11-17-10-5-6-13-18-17/h2-6,8-10,13H,7,11-12,14-15H2,1H3,(H,20,21). The molecule has 0 aliphatic heterocycles. The number of likely N-dealkylation sites (N-methyl/N-ethyl adjacent to an activating group) is 1. The molecule has 1 aromatic heterocycles. The van der Waals surface area contributed by atoms with Gasteiger partial charge in [0.2, 0.25) is 0 Å². The molecule has 0 saturated carbocycles. The third-order valence-electron chi connectivity index (χ3n) is 3.56. The maximum Gasteiger partial charge on any atom is 0.405 e. The van der Waals surface area contributed by atoms with E-state index in [1.807, 2.05) is 48.5 Å². The molecule has 1 aromatic carbocycles. The van der Waals surface area contributed by atoms with E-state index in [1.54, 1.807) is 13.2 Å². The summed E-state index contributed by atoms with van der Waals surface area (Å²) in [6.07, 6.45) is 3.84. The van der Waals surface area contributed by atoms with Crippen LogP contribution in [-0.4, -0.2) is 34.7 Å². The molecule has 6 heteroatoms. The maximum absolute atomic E-state index is 12.2. The number of hydrogen-bond acceptors (Lipinski definition) is 3. The second-order valence-corrected chi connectivity index (χ2v) is 7.29. The third-order valence-corrected chi connectivity index (χ3v) is 5.14. The Hall–Kier alpha value is -1.52. The van der Waals surface area contributed by atoms with Crippen LogP contribution in [0.4, 0.5) is 0 Å². The molecule has 0 amide bonds. The second kappa shape index (κ2) is 8.94. The van der Waals surface area contributed by atoms with E-state index >= 15 is 0 Å². The number of rotatable bonds is 9. The van der Waals surface area contributed by atoms with E-state index in [4.69, 9.17) is 4.52 Å². The van der Waals surface area contributed by atoms with Crippen LogP contribution in [-0.2, 0) is 21.9 Å². The molecule has 124 valence electrons. The van der Waals surface area contributed by atoms with Crippen LogP contribution in [0.25, 0.3) is 0 Å².